The molecule has 2 heterocycles. The van der Waals surface area contributed by atoms with Crippen molar-refractivity contribution in [1.82, 2.24) is 14.7 Å². The molecule has 1 fully saturated rings. The molecule has 22 heavy (non-hydrogen) atoms. The van der Waals surface area contributed by atoms with Crippen LogP contribution in [0.1, 0.15) is 26.7 Å². The molecule has 0 bridgehead atoms. The number of hydrogen-bond donors (Lipinski definition) is 1. The summed E-state index contributed by atoms with van der Waals surface area (Å²) in [5.74, 6) is 0.690. The van der Waals surface area contributed by atoms with Gasteiger partial charge in [-0.3, -0.25) is 0 Å². The van der Waals surface area contributed by atoms with E-state index in [4.69, 9.17) is 0 Å². The van der Waals surface area contributed by atoms with Crippen LogP contribution in [0, 0.1) is 5.92 Å². The maximum atomic E-state index is 12.6. The van der Waals surface area contributed by atoms with Crippen LogP contribution in [-0.4, -0.2) is 33.3 Å². The Morgan fingerprint density at radius 3 is 2.82 bits per heavy atom. The highest BCUT2D eigenvalue weighted by Gasteiger charge is 2.27. The molecular weight excluding hydrogens is 276 g/mol. The monoisotopic (exact) mass is 298 g/mol. The number of amides is 2. The number of para-hydroxylation sites is 2. The third kappa shape index (κ3) is 2.98. The Morgan fingerprint density at radius 1 is 1.27 bits per heavy atom. The van der Waals surface area contributed by atoms with E-state index in [1.807, 2.05) is 41.4 Å². The molecule has 1 aromatic carbocycles. The van der Waals surface area contributed by atoms with E-state index >= 15 is 0 Å². The molecule has 0 unspecified atom stereocenters. The lowest BCUT2D eigenvalue weighted by Crippen LogP contribution is -2.46. The summed E-state index contributed by atoms with van der Waals surface area (Å²) in [6, 6.07) is 9.84. The predicted octanol–water partition coefficient (Wildman–Crippen LogP) is 3.52. The quantitative estimate of drug-likeness (QED) is 0.922. The van der Waals surface area contributed by atoms with Gasteiger partial charge in [-0.15, -0.1) is 0 Å². The minimum Gasteiger partial charge on any atom is -0.322 e. The number of hydrogen-bond acceptors (Lipinski definition) is 2. The van der Waals surface area contributed by atoms with E-state index < -0.39 is 0 Å². The van der Waals surface area contributed by atoms with E-state index in [1.54, 1.807) is 10.9 Å². The second-order valence-electron chi connectivity index (χ2n) is 6.07. The van der Waals surface area contributed by atoms with Crippen molar-refractivity contribution in [3.8, 4) is 5.69 Å². The van der Waals surface area contributed by atoms with E-state index in [0.717, 1.165) is 30.8 Å². The second-order valence-corrected chi connectivity index (χ2v) is 6.07. The fourth-order valence-electron chi connectivity index (χ4n) is 3.09. The molecule has 2 amide bonds. The highest BCUT2D eigenvalue weighted by Crippen LogP contribution is 2.24. The Hall–Kier alpha value is -2.30. The van der Waals surface area contributed by atoms with Crippen molar-refractivity contribution in [2.45, 2.75) is 32.7 Å². The Kier molecular flexibility index (Phi) is 4.13. The first kappa shape index (κ1) is 14.6. The van der Waals surface area contributed by atoms with Crippen LogP contribution in [0.5, 0.6) is 0 Å². The normalized spacial score (nSPS) is 21.6. The first-order valence-electron chi connectivity index (χ1n) is 7.82. The van der Waals surface area contributed by atoms with Gasteiger partial charge in [0.2, 0.25) is 0 Å². The maximum Gasteiger partial charge on any atom is 0.322 e. The van der Waals surface area contributed by atoms with Crippen molar-refractivity contribution < 1.29 is 4.79 Å². The molecule has 1 N–H and O–H groups in total. The number of carbonyl (C=O) groups excluding carboxylic acids is 1. The number of carbonyl (C=O) groups is 1. The Bertz CT molecular complexity index is 638. The van der Waals surface area contributed by atoms with Crippen LogP contribution in [0.2, 0.25) is 0 Å². The zero-order valence-corrected chi connectivity index (χ0v) is 13.1. The van der Waals surface area contributed by atoms with Gasteiger partial charge in [-0.25, -0.2) is 9.48 Å². The van der Waals surface area contributed by atoms with Crippen molar-refractivity contribution in [1.29, 1.82) is 0 Å². The third-order valence-electron chi connectivity index (χ3n) is 4.30. The summed E-state index contributed by atoms with van der Waals surface area (Å²) >= 11 is 0. The molecule has 0 spiro atoms. The van der Waals surface area contributed by atoms with E-state index in [1.165, 1.54) is 0 Å². The van der Waals surface area contributed by atoms with Gasteiger partial charge in [0.15, 0.2) is 0 Å². The van der Waals surface area contributed by atoms with Crippen molar-refractivity contribution in [2.75, 3.05) is 11.9 Å². The van der Waals surface area contributed by atoms with Crippen molar-refractivity contribution in [3.05, 3.63) is 42.7 Å². The lowest BCUT2D eigenvalue weighted by atomic mass is 9.94. The fourth-order valence-corrected chi connectivity index (χ4v) is 3.09. The lowest BCUT2D eigenvalue weighted by Gasteiger charge is -2.36. The fraction of sp³-hybridized carbons (Fsp3) is 0.412. The molecule has 1 saturated heterocycles. The average Bonchev–Trinajstić information content (AvgIpc) is 3.01. The zero-order valence-electron chi connectivity index (χ0n) is 13.1. The molecule has 3 rings (SSSR count). The number of nitrogens with zero attached hydrogens (tertiary/aromatic N) is 3. The zero-order chi connectivity index (χ0) is 15.5. The number of rotatable bonds is 2. The second kappa shape index (κ2) is 6.22. The van der Waals surface area contributed by atoms with Crippen LogP contribution < -0.4 is 5.32 Å². The number of nitrogens with one attached hydrogen (secondary N) is 1. The molecule has 116 valence electrons. The van der Waals surface area contributed by atoms with Gasteiger partial charge in [0.25, 0.3) is 0 Å². The number of piperidine rings is 1. The molecule has 5 heteroatoms. The van der Waals surface area contributed by atoms with E-state index in [2.05, 4.69) is 24.3 Å². The van der Waals surface area contributed by atoms with Crippen LogP contribution in [0.15, 0.2) is 42.7 Å². The number of aromatic nitrogens is 2. The van der Waals surface area contributed by atoms with Crippen LogP contribution in [0.3, 0.4) is 0 Å². The summed E-state index contributed by atoms with van der Waals surface area (Å²) in [7, 11) is 0. The van der Waals surface area contributed by atoms with E-state index in [-0.39, 0.29) is 12.1 Å². The van der Waals surface area contributed by atoms with Gasteiger partial charge in [0, 0.05) is 25.0 Å². The summed E-state index contributed by atoms with van der Waals surface area (Å²) < 4.78 is 1.76. The standard InChI is InChI=1S/C17H22N4O/c1-13-8-11-20(14(2)12-13)17(22)19-15-6-3-4-7-16(15)21-10-5-9-18-21/h3-7,9-10,13-14H,8,11-12H2,1-2H3,(H,19,22)/t13-,14+/m0/s1. The summed E-state index contributed by atoms with van der Waals surface area (Å²) in [6.07, 6.45) is 5.73. The first-order valence-corrected chi connectivity index (χ1v) is 7.82. The van der Waals surface area contributed by atoms with Gasteiger partial charge >= 0.3 is 6.03 Å². The number of anilines is 1. The maximum absolute atomic E-state index is 12.6. The molecule has 2 atom stereocenters. The molecule has 1 aliphatic heterocycles. The minimum absolute atomic E-state index is 0.0287. The van der Waals surface area contributed by atoms with Crippen LogP contribution in [-0.2, 0) is 0 Å². The van der Waals surface area contributed by atoms with Gasteiger partial charge in [-0.1, -0.05) is 19.1 Å². The molecule has 0 saturated carbocycles. The molecular formula is C17H22N4O. The number of urea groups is 1. The summed E-state index contributed by atoms with van der Waals surface area (Å²) in [5.41, 5.74) is 1.65. The van der Waals surface area contributed by atoms with Gasteiger partial charge in [0.05, 0.1) is 11.4 Å². The summed E-state index contributed by atoms with van der Waals surface area (Å²) in [5, 5.41) is 7.28. The first-order chi connectivity index (χ1) is 10.6. The van der Waals surface area contributed by atoms with Crippen molar-refractivity contribution in [3.63, 3.8) is 0 Å². The number of benzene rings is 1. The summed E-state index contributed by atoms with van der Waals surface area (Å²) in [6.45, 7) is 5.19. The average molecular weight is 298 g/mol. The van der Waals surface area contributed by atoms with Crippen LogP contribution >= 0.6 is 0 Å². The molecule has 2 aromatic rings. The van der Waals surface area contributed by atoms with Crippen molar-refractivity contribution in [2.24, 2.45) is 5.92 Å². The van der Waals surface area contributed by atoms with E-state index in [9.17, 15) is 4.79 Å². The van der Waals surface area contributed by atoms with Gasteiger partial charge < -0.3 is 10.2 Å². The third-order valence-corrected chi connectivity index (χ3v) is 4.30. The highest BCUT2D eigenvalue weighted by molar-refractivity contribution is 5.91. The van der Waals surface area contributed by atoms with E-state index in [0.29, 0.717) is 5.92 Å². The summed E-state index contributed by atoms with van der Waals surface area (Å²) in [4.78, 5) is 14.5. The minimum atomic E-state index is -0.0287. The van der Waals surface area contributed by atoms with Crippen LogP contribution in [0.25, 0.3) is 5.69 Å². The molecule has 0 aliphatic carbocycles. The Balaban J connectivity index is 1.77. The smallest absolute Gasteiger partial charge is 0.322 e. The van der Waals surface area contributed by atoms with Gasteiger partial charge in [-0.2, -0.15) is 5.10 Å². The van der Waals surface area contributed by atoms with Gasteiger partial charge in [0.1, 0.15) is 0 Å². The molecule has 5 nitrogen and oxygen atoms in total. The molecule has 0 radical (unpaired) electrons. The largest absolute Gasteiger partial charge is 0.322 e. The molecule has 1 aromatic heterocycles. The highest BCUT2D eigenvalue weighted by atomic mass is 16.2. The topological polar surface area (TPSA) is 50.2 Å². The van der Waals surface area contributed by atoms with Crippen LogP contribution in [0.4, 0.5) is 10.5 Å². The SMILES string of the molecule is C[C@H]1CCN(C(=O)Nc2ccccc2-n2cccn2)[C@H](C)C1. The Labute approximate surface area is 130 Å². The molecule has 1 aliphatic rings. The lowest BCUT2D eigenvalue weighted by molar-refractivity contribution is 0.150. The Morgan fingerprint density at radius 2 is 2.09 bits per heavy atom. The number of likely N-dealkylation sites (tertiary alicyclic amines) is 1. The predicted molar refractivity (Wildman–Crippen MR) is 87.1 cm³/mol. The van der Waals surface area contributed by atoms with Gasteiger partial charge in [-0.05, 0) is 43.9 Å². The van der Waals surface area contributed by atoms with Crippen molar-refractivity contribution >= 4 is 11.7 Å².